The number of rotatable bonds is 6. The average molecular weight is 749 g/mol. The molecule has 4 bridgehead atoms. The SMILES string of the molecule is O=C1C2=C3C=CC(=C2C(=O)N1c1ccc2c(c1)CN(c1ccc(Cc4ccc(N5COc6ccc(N7C(=O)C8=C9C=CC(=C8C7=O)C9)cc6C5)cc4)cc1)CO2)C3. The average Bonchev–Trinajstić information content (AvgIpc) is 4.11. The molecule has 0 radical (unpaired) electrons. The second-order valence-corrected chi connectivity index (χ2v) is 15.5. The van der Waals surface area contributed by atoms with Gasteiger partial charge in [0.15, 0.2) is 13.5 Å². The van der Waals surface area contributed by atoms with Crippen molar-refractivity contribution in [2.75, 3.05) is 33.1 Å². The number of hydrogen-bond donors (Lipinski definition) is 0. The van der Waals surface area contributed by atoms with Crippen LogP contribution in [0.15, 0.2) is 154 Å². The van der Waals surface area contributed by atoms with Crippen molar-refractivity contribution in [3.63, 3.8) is 0 Å². The van der Waals surface area contributed by atoms with E-state index in [0.717, 1.165) is 62.7 Å². The van der Waals surface area contributed by atoms with Gasteiger partial charge in [0.25, 0.3) is 23.6 Å². The first kappa shape index (κ1) is 32.1. The minimum absolute atomic E-state index is 0.247. The molecule has 0 unspecified atom stereocenters. The molecule has 0 N–H and O–H groups in total. The summed E-state index contributed by atoms with van der Waals surface area (Å²) in [6.45, 7) is 1.95. The van der Waals surface area contributed by atoms with E-state index in [1.807, 2.05) is 48.6 Å². The third-order valence-corrected chi connectivity index (χ3v) is 12.3. The lowest BCUT2D eigenvalue weighted by Gasteiger charge is -2.31. The molecular formula is C47H32N4O6. The number of carbonyl (C=O) groups excluding carboxylic acids is 4. The molecule has 276 valence electrons. The third-order valence-electron chi connectivity index (χ3n) is 12.3. The van der Waals surface area contributed by atoms with Crippen LogP contribution in [0.2, 0.25) is 0 Å². The van der Waals surface area contributed by atoms with Gasteiger partial charge >= 0.3 is 0 Å². The second-order valence-electron chi connectivity index (χ2n) is 15.5. The smallest absolute Gasteiger partial charge is 0.266 e. The molecule has 57 heavy (non-hydrogen) atoms. The van der Waals surface area contributed by atoms with Crippen LogP contribution in [-0.2, 0) is 38.7 Å². The predicted molar refractivity (Wildman–Crippen MR) is 213 cm³/mol. The molecule has 0 saturated carbocycles. The number of imide groups is 2. The summed E-state index contributed by atoms with van der Waals surface area (Å²) in [6, 6.07) is 28.0. The van der Waals surface area contributed by atoms with Gasteiger partial charge in [-0.1, -0.05) is 48.6 Å². The highest BCUT2D eigenvalue weighted by atomic mass is 16.5. The standard InChI is InChI=1S/C47H32N4O6/c52-44-40-28-5-6-29(18-28)41(40)45(53)50(44)36-13-15-38-32(20-36)22-48(24-56-38)34-9-1-26(2-10-34)17-27-3-11-35(12-4-27)49-23-33-21-37(14-16-39(33)57-25-49)51-46(54)42-30-7-8-31(19-30)43(42)47(51)55/h1-16,20-21H,17-19,22-25H2. The lowest BCUT2D eigenvalue weighted by Crippen LogP contribution is -2.33. The number of anilines is 4. The Morgan fingerprint density at radius 3 is 1.16 bits per heavy atom. The van der Waals surface area contributed by atoms with Crippen molar-refractivity contribution in [2.45, 2.75) is 32.4 Å². The molecule has 12 rings (SSSR count). The Labute approximate surface area is 327 Å². The molecule has 4 aromatic carbocycles. The van der Waals surface area contributed by atoms with Crippen molar-refractivity contribution < 1.29 is 28.7 Å². The van der Waals surface area contributed by atoms with Crippen LogP contribution in [0.1, 0.15) is 35.1 Å². The molecule has 10 heteroatoms. The number of allylic oxidation sites excluding steroid dienone is 8. The number of nitrogens with zero attached hydrogens (tertiary/aromatic N) is 4. The quantitative estimate of drug-likeness (QED) is 0.197. The zero-order valence-electron chi connectivity index (χ0n) is 30.6. The summed E-state index contributed by atoms with van der Waals surface area (Å²) in [4.78, 5) is 60.3. The highest BCUT2D eigenvalue weighted by Gasteiger charge is 2.48. The first-order valence-electron chi connectivity index (χ1n) is 19.1. The van der Waals surface area contributed by atoms with E-state index in [4.69, 9.17) is 9.47 Å². The second kappa shape index (κ2) is 11.7. The van der Waals surface area contributed by atoms with E-state index in [0.29, 0.717) is 73.1 Å². The maximum absolute atomic E-state index is 13.3. The molecule has 2 saturated heterocycles. The molecule has 0 atom stereocenters. The van der Waals surface area contributed by atoms with E-state index in [1.165, 1.54) is 20.9 Å². The molecule has 4 aliphatic heterocycles. The molecule has 0 spiro atoms. The predicted octanol–water partition coefficient (Wildman–Crippen LogP) is 6.87. The summed E-state index contributed by atoms with van der Waals surface area (Å²) in [7, 11) is 0. The fourth-order valence-corrected chi connectivity index (χ4v) is 9.41. The Balaban J connectivity index is 0.705. The Morgan fingerprint density at radius 1 is 0.439 bits per heavy atom. The van der Waals surface area contributed by atoms with Crippen molar-refractivity contribution in [1.29, 1.82) is 0 Å². The first-order chi connectivity index (χ1) is 27.9. The van der Waals surface area contributed by atoms with Crippen LogP contribution in [0.5, 0.6) is 11.5 Å². The summed E-state index contributed by atoms with van der Waals surface area (Å²) in [5.41, 5.74) is 13.3. The highest BCUT2D eigenvalue weighted by Crippen LogP contribution is 2.47. The highest BCUT2D eigenvalue weighted by molar-refractivity contribution is 6.39. The van der Waals surface area contributed by atoms with Crippen LogP contribution < -0.4 is 29.1 Å². The van der Waals surface area contributed by atoms with Crippen molar-refractivity contribution in [3.05, 3.63) is 176 Å². The first-order valence-corrected chi connectivity index (χ1v) is 19.1. The van der Waals surface area contributed by atoms with Gasteiger partial charge in [-0.2, -0.15) is 0 Å². The Hall–Kier alpha value is -7.20. The van der Waals surface area contributed by atoms with Crippen LogP contribution in [0.25, 0.3) is 0 Å². The van der Waals surface area contributed by atoms with Crippen LogP contribution in [0, 0.1) is 0 Å². The number of fused-ring (bicyclic) bond motifs is 8. The van der Waals surface area contributed by atoms with E-state index in [1.54, 1.807) is 12.1 Å². The lowest BCUT2D eigenvalue weighted by atomic mass is 10.0. The fourth-order valence-electron chi connectivity index (χ4n) is 9.41. The van der Waals surface area contributed by atoms with Crippen LogP contribution >= 0.6 is 0 Å². The van der Waals surface area contributed by atoms with Gasteiger partial charge in [0.2, 0.25) is 0 Å². The minimum Gasteiger partial charge on any atom is -0.473 e. The monoisotopic (exact) mass is 748 g/mol. The number of hydrogen-bond acceptors (Lipinski definition) is 8. The molecule has 4 aliphatic carbocycles. The van der Waals surface area contributed by atoms with E-state index < -0.39 is 0 Å². The Morgan fingerprint density at radius 2 is 0.789 bits per heavy atom. The molecule has 4 amide bonds. The van der Waals surface area contributed by atoms with Gasteiger partial charge in [-0.05, 0) is 113 Å². The van der Waals surface area contributed by atoms with Gasteiger partial charge in [0.05, 0.1) is 33.7 Å². The van der Waals surface area contributed by atoms with Crippen molar-refractivity contribution in [3.8, 4) is 11.5 Å². The summed E-state index contributed by atoms with van der Waals surface area (Å²) < 4.78 is 12.2. The zero-order chi connectivity index (χ0) is 38.1. The van der Waals surface area contributed by atoms with Crippen LogP contribution in [-0.4, -0.2) is 37.1 Å². The number of ether oxygens (including phenoxy) is 2. The normalized spacial score (nSPS) is 19.8. The van der Waals surface area contributed by atoms with E-state index in [9.17, 15) is 19.2 Å². The van der Waals surface area contributed by atoms with Crippen molar-refractivity contribution >= 4 is 46.4 Å². The van der Waals surface area contributed by atoms with Crippen molar-refractivity contribution in [1.82, 2.24) is 0 Å². The number of carbonyl (C=O) groups is 4. The van der Waals surface area contributed by atoms with Gasteiger partial charge in [0, 0.05) is 35.6 Å². The van der Waals surface area contributed by atoms with Crippen molar-refractivity contribution in [2.24, 2.45) is 0 Å². The molecule has 4 heterocycles. The maximum Gasteiger partial charge on any atom is 0.266 e. The summed E-state index contributed by atoms with van der Waals surface area (Å²) in [5, 5.41) is 0. The molecular weight excluding hydrogens is 717 g/mol. The molecule has 0 aromatic heterocycles. The van der Waals surface area contributed by atoms with Gasteiger partial charge in [-0.15, -0.1) is 0 Å². The van der Waals surface area contributed by atoms with Gasteiger partial charge in [-0.25, -0.2) is 9.80 Å². The third kappa shape index (κ3) is 4.70. The lowest BCUT2D eigenvalue weighted by molar-refractivity contribution is -0.121. The zero-order valence-corrected chi connectivity index (χ0v) is 30.6. The molecule has 10 nitrogen and oxygen atoms in total. The van der Waals surface area contributed by atoms with Gasteiger partial charge < -0.3 is 19.3 Å². The Bertz CT molecular complexity index is 2530. The number of benzene rings is 4. The molecule has 8 aliphatic rings. The number of amides is 4. The topological polar surface area (TPSA) is 99.7 Å². The Kier molecular flexibility index (Phi) is 6.56. The maximum atomic E-state index is 13.3. The molecule has 4 aromatic rings. The minimum atomic E-state index is -0.247. The van der Waals surface area contributed by atoms with Crippen LogP contribution in [0.3, 0.4) is 0 Å². The van der Waals surface area contributed by atoms with Gasteiger partial charge in [0.1, 0.15) is 11.5 Å². The summed E-state index contributed by atoms with van der Waals surface area (Å²) >= 11 is 0. The fraction of sp³-hybridized carbons (Fsp3) is 0.149. The molecule has 2 fully saturated rings. The van der Waals surface area contributed by atoms with Gasteiger partial charge in [-0.3, -0.25) is 19.2 Å². The van der Waals surface area contributed by atoms with E-state index in [2.05, 4.69) is 58.3 Å². The summed E-state index contributed by atoms with van der Waals surface area (Å²) in [6.07, 6.45) is 9.88. The largest absolute Gasteiger partial charge is 0.473 e. The summed E-state index contributed by atoms with van der Waals surface area (Å²) in [5.74, 6) is 0.520. The van der Waals surface area contributed by atoms with Crippen LogP contribution in [0.4, 0.5) is 22.7 Å². The van der Waals surface area contributed by atoms with E-state index in [-0.39, 0.29) is 23.6 Å². The van der Waals surface area contributed by atoms with E-state index >= 15 is 0 Å².